The average molecular weight is 232 g/mol. The number of carbonyl (C=O) groups is 1. The van der Waals surface area contributed by atoms with Crippen molar-refractivity contribution >= 4 is 5.97 Å². The second-order valence-electron chi connectivity index (χ2n) is 5.39. The van der Waals surface area contributed by atoms with Gasteiger partial charge in [-0.1, -0.05) is 13.0 Å². The minimum atomic E-state index is -0.148. The van der Waals surface area contributed by atoms with E-state index in [4.69, 9.17) is 4.74 Å². The van der Waals surface area contributed by atoms with Crippen molar-refractivity contribution in [3.8, 4) is 5.75 Å². The first-order valence-corrected chi connectivity index (χ1v) is 5.96. The van der Waals surface area contributed by atoms with Crippen molar-refractivity contribution in [3.05, 3.63) is 29.3 Å². The van der Waals surface area contributed by atoms with Crippen molar-refractivity contribution in [1.82, 2.24) is 0 Å². The quantitative estimate of drug-likeness (QED) is 0.796. The molecule has 3 atom stereocenters. The topological polar surface area (TPSA) is 46.5 Å². The lowest BCUT2D eigenvalue weighted by Crippen LogP contribution is -2.08. The van der Waals surface area contributed by atoms with Crippen molar-refractivity contribution in [3.63, 3.8) is 0 Å². The van der Waals surface area contributed by atoms with Crippen molar-refractivity contribution < 1.29 is 14.6 Å². The predicted molar refractivity (Wildman–Crippen MR) is 62.9 cm³/mol. The number of methoxy groups -OCH3 is 1. The van der Waals surface area contributed by atoms with Crippen molar-refractivity contribution in [2.75, 3.05) is 7.11 Å². The van der Waals surface area contributed by atoms with E-state index in [0.29, 0.717) is 18.1 Å². The van der Waals surface area contributed by atoms with Crippen LogP contribution in [-0.4, -0.2) is 18.2 Å². The highest BCUT2D eigenvalue weighted by Crippen LogP contribution is 2.68. The summed E-state index contributed by atoms with van der Waals surface area (Å²) in [6, 6.07) is 5.51. The highest BCUT2D eigenvalue weighted by Gasteiger charge is 2.61. The zero-order chi connectivity index (χ0) is 12.2. The van der Waals surface area contributed by atoms with E-state index in [1.54, 1.807) is 6.07 Å². The largest absolute Gasteiger partial charge is 0.508 e. The van der Waals surface area contributed by atoms with Crippen LogP contribution in [0.1, 0.15) is 36.8 Å². The van der Waals surface area contributed by atoms with E-state index in [-0.39, 0.29) is 17.3 Å². The summed E-state index contributed by atoms with van der Waals surface area (Å²) in [5.41, 5.74) is 2.61. The Kier molecular flexibility index (Phi) is 2.03. The summed E-state index contributed by atoms with van der Waals surface area (Å²) in [7, 11) is 1.43. The number of rotatable bonds is 2. The molecule has 0 aromatic heterocycles. The molecule has 1 N–H and O–H groups in total. The van der Waals surface area contributed by atoms with Gasteiger partial charge in [0.1, 0.15) is 5.75 Å². The molecule has 0 saturated heterocycles. The smallest absolute Gasteiger partial charge is 0.306 e. The number of benzene rings is 1. The lowest BCUT2D eigenvalue weighted by atomic mass is 9.92. The van der Waals surface area contributed by atoms with Crippen LogP contribution in [0.4, 0.5) is 0 Å². The van der Waals surface area contributed by atoms with Gasteiger partial charge in [0, 0.05) is 0 Å². The van der Waals surface area contributed by atoms with Crippen LogP contribution in [0.5, 0.6) is 5.75 Å². The van der Waals surface area contributed by atoms with Crippen LogP contribution in [0, 0.1) is 5.92 Å². The molecule has 0 radical (unpaired) electrons. The fraction of sp³-hybridized carbons (Fsp3) is 0.500. The highest BCUT2D eigenvalue weighted by atomic mass is 16.5. The standard InChI is InChI=1S/C14H16O3/c1-14-7-12(14)10(6-13(16)17-2)9-4-3-8(15)5-11(9)14/h3-5,10,12,15H,6-7H2,1-2H3. The Morgan fingerprint density at radius 3 is 3.06 bits per heavy atom. The fourth-order valence-electron chi connectivity index (χ4n) is 3.39. The molecule has 0 amide bonds. The molecule has 0 bridgehead atoms. The first kappa shape index (κ1) is 10.6. The van der Waals surface area contributed by atoms with Gasteiger partial charge in [0.05, 0.1) is 13.5 Å². The number of hydrogen-bond acceptors (Lipinski definition) is 3. The Bertz CT molecular complexity index is 494. The number of carbonyl (C=O) groups excluding carboxylic acids is 1. The monoisotopic (exact) mass is 232 g/mol. The van der Waals surface area contributed by atoms with Gasteiger partial charge in [0.15, 0.2) is 0 Å². The second-order valence-corrected chi connectivity index (χ2v) is 5.39. The molecule has 0 aliphatic heterocycles. The summed E-state index contributed by atoms with van der Waals surface area (Å²) < 4.78 is 4.76. The molecule has 0 heterocycles. The molecule has 1 fully saturated rings. The molecule has 2 aliphatic rings. The number of ether oxygens (including phenoxy) is 1. The van der Waals surface area contributed by atoms with Gasteiger partial charge in [-0.05, 0) is 46.9 Å². The molecule has 2 aliphatic carbocycles. The number of phenolic OH excluding ortho intramolecular Hbond substituents is 1. The van der Waals surface area contributed by atoms with Gasteiger partial charge < -0.3 is 9.84 Å². The number of phenols is 1. The normalized spacial score (nSPS) is 32.8. The molecular weight excluding hydrogens is 216 g/mol. The Morgan fingerprint density at radius 2 is 2.35 bits per heavy atom. The van der Waals surface area contributed by atoms with E-state index in [2.05, 4.69) is 6.92 Å². The molecule has 90 valence electrons. The Hall–Kier alpha value is -1.51. The molecule has 1 aromatic rings. The zero-order valence-corrected chi connectivity index (χ0v) is 10.1. The number of fused-ring (bicyclic) bond motifs is 3. The lowest BCUT2D eigenvalue weighted by Gasteiger charge is -2.14. The third kappa shape index (κ3) is 1.38. The van der Waals surface area contributed by atoms with E-state index >= 15 is 0 Å². The van der Waals surface area contributed by atoms with Crippen LogP contribution < -0.4 is 0 Å². The summed E-state index contributed by atoms with van der Waals surface area (Å²) in [5, 5.41) is 9.57. The second kappa shape index (κ2) is 3.25. The van der Waals surface area contributed by atoms with Crippen molar-refractivity contribution in [2.45, 2.75) is 31.1 Å². The van der Waals surface area contributed by atoms with Gasteiger partial charge in [-0.15, -0.1) is 0 Å². The van der Waals surface area contributed by atoms with Crippen LogP contribution in [-0.2, 0) is 14.9 Å². The summed E-state index contributed by atoms with van der Waals surface area (Å²) in [6.07, 6.45) is 1.57. The number of esters is 1. The minimum absolute atomic E-state index is 0.148. The molecule has 1 aromatic carbocycles. The summed E-state index contributed by atoms with van der Waals surface area (Å²) in [4.78, 5) is 11.4. The van der Waals surface area contributed by atoms with Gasteiger partial charge in [-0.2, -0.15) is 0 Å². The predicted octanol–water partition coefficient (Wildman–Crippen LogP) is 2.33. The Morgan fingerprint density at radius 1 is 1.59 bits per heavy atom. The Labute approximate surface area is 100 Å². The molecule has 3 unspecified atom stereocenters. The van der Waals surface area contributed by atoms with Gasteiger partial charge in [-0.25, -0.2) is 0 Å². The van der Waals surface area contributed by atoms with Crippen molar-refractivity contribution in [2.24, 2.45) is 5.92 Å². The first-order chi connectivity index (χ1) is 8.06. The van der Waals surface area contributed by atoms with Crippen LogP contribution in [0.25, 0.3) is 0 Å². The molecule has 3 rings (SSSR count). The maximum atomic E-state index is 11.4. The fourth-order valence-corrected chi connectivity index (χ4v) is 3.39. The van der Waals surface area contributed by atoms with Crippen LogP contribution in [0.3, 0.4) is 0 Å². The van der Waals surface area contributed by atoms with E-state index in [1.807, 2.05) is 12.1 Å². The van der Waals surface area contributed by atoms with Gasteiger partial charge in [-0.3, -0.25) is 4.79 Å². The maximum absolute atomic E-state index is 11.4. The molecule has 17 heavy (non-hydrogen) atoms. The third-order valence-corrected chi connectivity index (χ3v) is 4.45. The number of hydrogen-bond donors (Lipinski definition) is 1. The molecule has 3 nitrogen and oxygen atoms in total. The summed E-state index contributed by atoms with van der Waals surface area (Å²) in [6.45, 7) is 2.22. The Balaban J connectivity index is 1.98. The first-order valence-electron chi connectivity index (χ1n) is 5.96. The summed E-state index contributed by atoms with van der Waals surface area (Å²) in [5.74, 6) is 0.973. The van der Waals surface area contributed by atoms with Gasteiger partial charge in [0.2, 0.25) is 0 Å². The summed E-state index contributed by atoms with van der Waals surface area (Å²) >= 11 is 0. The molecular formula is C14H16O3. The highest BCUT2D eigenvalue weighted by molar-refractivity contribution is 5.72. The SMILES string of the molecule is COC(=O)CC1c2ccc(O)cc2C2(C)CC12. The molecule has 0 spiro atoms. The van der Waals surface area contributed by atoms with E-state index in [0.717, 1.165) is 6.42 Å². The van der Waals surface area contributed by atoms with Gasteiger partial charge >= 0.3 is 5.97 Å². The third-order valence-electron chi connectivity index (χ3n) is 4.45. The van der Waals surface area contributed by atoms with Crippen LogP contribution in [0.15, 0.2) is 18.2 Å². The minimum Gasteiger partial charge on any atom is -0.508 e. The van der Waals surface area contributed by atoms with Crippen LogP contribution >= 0.6 is 0 Å². The lowest BCUT2D eigenvalue weighted by molar-refractivity contribution is -0.141. The van der Waals surface area contributed by atoms with Gasteiger partial charge in [0.25, 0.3) is 0 Å². The average Bonchev–Trinajstić information content (AvgIpc) is 2.94. The van der Waals surface area contributed by atoms with Crippen molar-refractivity contribution in [1.29, 1.82) is 0 Å². The van der Waals surface area contributed by atoms with E-state index in [1.165, 1.54) is 18.2 Å². The zero-order valence-electron chi connectivity index (χ0n) is 10.1. The van der Waals surface area contributed by atoms with E-state index in [9.17, 15) is 9.90 Å². The number of aromatic hydroxyl groups is 1. The van der Waals surface area contributed by atoms with E-state index < -0.39 is 0 Å². The molecule has 1 saturated carbocycles. The van der Waals surface area contributed by atoms with Crippen LogP contribution in [0.2, 0.25) is 0 Å². The molecule has 3 heteroatoms. The maximum Gasteiger partial charge on any atom is 0.306 e.